The largest absolute Gasteiger partial charge is 0.478 e. The molecule has 0 saturated carbocycles. The van der Waals surface area contributed by atoms with E-state index in [0.29, 0.717) is 20.5 Å². The van der Waals surface area contributed by atoms with E-state index in [4.69, 9.17) is 17.3 Å². The van der Waals surface area contributed by atoms with E-state index < -0.39 is 5.97 Å². The van der Waals surface area contributed by atoms with Crippen LogP contribution in [0.3, 0.4) is 0 Å². The van der Waals surface area contributed by atoms with Gasteiger partial charge in [0.15, 0.2) is 4.32 Å². The lowest BCUT2D eigenvalue weighted by Gasteiger charge is -2.14. The van der Waals surface area contributed by atoms with Gasteiger partial charge in [0, 0.05) is 5.56 Å². The van der Waals surface area contributed by atoms with Crippen molar-refractivity contribution in [1.29, 1.82) is 0 Å². The number of anilines is 1. The third-order valence-electron chi connectivity index (χ3n) is 3.54. The Hall–Kier alpha value is -2.77. The Morgan fingerprint density at radius 3 is 2.20 bits per heavy atom. The van der Waals surface area contributed by atoms with Crippen molar-refractivity contribution in [2.75, 3.05) is 4.90 Å². The van der Waals surface area contributed by atoms with Gasteiger partial charge in [-0.25, -0.2) is 4.79 Å². The van der Waals surface area contributed by atoms with Crippen LogP contribution in [0.2, 0.25) is 0 Å². The van der Waals surface area contributed by atoms with E-state index in [1.165, 1.54) is 28.8 Å². The summed E-state index contributed by atoms with van der Waals surface area (Å²) in [6.45, 7) is 0. The average molecular weight is 369 g/mol. The van der Waals surface area contributed by atoms with Crippen LogP contribution in [0.4, 0.5) is 5.69 Å². The number of thiocarbonyl (C=S) groups is 1. The van der Waals surface area contributed by atoms with Crippen LogP contribution in [0.1, 0.15) is 26.3 Å². The second-order valence-corrected chi connectivity index (χ2v) is 6.83. The summed E-state index contributed by atoms with van der Waals surface area (Å²) in [6, 6.07) is 12.8. The highest BCUT2D eigenvalue weighted by molar-refractivity contribution is 8.27. The summed E-state index contributed by atoms with van der Waals surface area (Å²) in [5.41, 5.74) is 2.00. The molecule has 1 saturated heterocycles. The number of amides is 1. The van der Waals surface area contributed by atoms with E-state index in [9.17, 15) is 14.4 Å². The quantitative estimate of drug-likeness (QED) is 0.504. The summed E-state index contributed by atoms with van der Waals surface area (Å²) < 4.78 is 0.379. The Kier molecular flexibility index (Phi) is 4.78. The van der Waals surface area contributed by atoms with Gasteiger partial charge in [-0.2, -0.15) is 0 Å². The third-order valence-corrected chi connectivity index (χ3v) is 4.84. The summed E-state index contributed by atoms with van der Waals surface area (Å²) in [5.74, 6) is -1.30. The molecule has 1 fully saturated rings. The lowest BCUT2D eigenvalue weighted by atomic mass is 10.1. The minimum absolute atomic E-state index is 0.139. The van der Waals surface area contributed by atoms with Crippen LogP contribution in [0.5, 0.6) is 0 Å². The number of carbonyl (C=O) groups is 3. The molecule has 25 heavy (non-hydrogen) atoms. The van der Waals surface area contributed by atoms with Crippen LogP contribution in [-0.4, -0.2) is 27.6 Å². The molecule has 3 rings (SSSR count). The standard InChI is InChI=1S/C18H11NO4S2/c20-10-12-3-1-11(2-4-12)9-15-16(21)19(18(24)25-15)14-7-5-13(6-8-14)17(22)23/h1-10H,(H,22,23). The molecule has 0 unspecified atom stereocenters. The van der Waals surface area contributed by atoms with Gasteiger partial charge in [0.25, 0.3) is 5.91 Å². The molecule has 0 spiro atoms. The maximum atomic E-state index is 12.6. The third kappa shape index (κ3) is 3.52. The minimum Gasteiger partial charge on any atom is -0.478 e. The van der Waals surface area contributed by atoms with Crippen LogP contribution in [-0.2, 0) is 4.79 Å². The summed E-state index contributed by atoms with van der Waals surface area (Å²) in [4.78, 5) is 36.1. The van der Waals surface area contributed by atoms with Crippen LogP contribution in [0.25, 0.3) is 6.08 Å². The van der Waals surface area contributed by atoms with E-state index in [2.05, 4.69) is 0 Å². The van der Waals surface area contributed by atoms with Crippen molar-refractivity contribution in [2.45, 2.75) is 0 Å². The van der Waals surface area contributed by atoms with Gasteiger partial charge < -0.3 is 5.11 Å². The zero-order chi connectivity index (χ0) is 18.0. The van der Waals surface area contributed by atoms with Gasteiger partial charge in [0.1, 0.15) is 6.29 Å². The number of thioether (sulfide) groups is 1. The maximum absolute atomic E-state index is 12.6. The number of carboxylic acids is 1. The molecule has 0 bridgehead atoms. The molecule has 1 aliphatic rings. The molecule has 1 amide bonds. The van der Waals surface area contributed by atoms with Crippen molar-refractivity contribution >= 4 is 58.2 Å². The molecule has 1 heterocycles. The van der Waals surface area contributed by atoms with Gasteiger partial charge in [-0.05, 0) is 35.9 Å². The molecule has 1 aliphatic heterocycles. The van der Waals surface area contributed by atoms with E-state index in [-0.39, 0.29) is 11.5 Å². The van der Waals surface area contributed by atoms with Gasteiger partial charge in [-0.1, -0.05) is 48.2 Å². The minimum atomic E-state index is -1.03. The van der Waals surface area contributed by atoms with Crippen molar-refractivity contribution in [2.24, 2.45) is 0 Å². The van der Waals surface area contributed by atoms with Gasteiger partial charge in [0.05, 0.1) is 16.2 Å². The number of nitrogens with zero attached hydrogens (tertiary/aromatic N) is 1. The topological polar surface area (TPSA) is 74.7 Å². The van der Waals surface area contributed by atoms with E-state index in [0.717, 1.165) is 11.8 Å². The number of rotatable bonds is 4. The van der Waals surface area contributed by atoms with Gasteiger partial charge in [0.2, 0.25) is 0 Å². The first kappa shape index (κ1) is 17.1. The molecule has 124 valence electrons. The molecule has 2 aromatic rings. The van der Waals surface area contributed by atoms with Gasteiger partial charge >= 0.3 is 5.97 Å². The predicted molar refractivity (Wildman–Crippen MR) is 101 cm³/mol. The fourth-order valence-electron chi connectivity index (χ4n) is 2.27. The molecular weight excluding hydrogens is 358 g/mol. The second kappa shape index (κ2) is 7.00. The first-order chi connectivity index (χ1) is 12.0. The SMILES string of the molecule is O=Cc1ccc(C=C2SC(=S)N(c3ccc(C(=O)O)cc3)C2=O)cc1. The van der Waals surface area contributed by atoms with Crippen LogP contribution < -0.4 is 4.90 Å². The normalized spacial score (nSPS) is 15.7. The molecular formula is C18H11NO4S2. The van der Waals surface area contributed by atoms with Crippen molar-refractivity contribution in [1.82, 2.24) is 0 Å². The fraction of sp³-hybridized carbons (Fsp3) is 0. The maximum Gasteiger partial charge on any atom is 0.335 e. The Morgan fingerprint density at radius 1 is 1.04 bits per heavy atom. The van der Waals surface area contributed by atoms with E-state index >= 15 is 0 Å². The van der Waals surface area contributed by atoms with Crippen molar-refractivity contribution in [3.05, 3.63) is 70.1 Å². The highest BCUT2D eigenvalue weighted by Gasteiger charge is 2.33. The van der Waals surface area contributed by atoms with Gasteiger partial charge in [-0.3, -0.25) is 14.5 Å². The Labute approximate surface area is 153 Å². The average Bonchev–Trinajstić information content (AvgIpc) is 2.89. The number of hydrogen-bond acceptors (Lipinski definition) is 5. The zero-order valence-electron chi connectivity index (χ0n) is 12.7. The van der Waals surface area contributed by atoms with Crippen LogP contribution in [0, 0.1) is 0 Å². The summed E-state index contributed by atoms with van der Waals surface area (Å²) in [6.07, 6.45) is 2.46. The molecule has 0 radical (unpaired) electrons. The van der Waals surface area contributed by atoms with Crippen LogP contribution in [0.15, 0.2) is 53.4 Å². The summed E-state index contributed by atoms with van der Waals surface area (Å²) in [7, 11) is 0. The molecule has 0 atom stereocenters. The number of aldehydes is 1. The fourth-order valence-corrected chi connectivity index (χ4v) is 3.56. The first-order valence-corrected chi connectivity index (χ1v) is 8.38. The molecule has 0 aromatic heterocycles. The molecule has 0 aliphatic carbocycles. The van der Waals surface area contributed by atoms with E-state index in [1.807, 2.05) is 0 Å². The predicted octanol–water partition coefficient (Wildman–Crippen LogP) is 3.60. The van der Waals surface area contributed by atoms with E-state index in [1.54, 1.807) is 42.5 Å². The number of hydrogen-bond donors (Lipinski definition) is 1. The number of benzene rings is 2. The van der Waals surface area contributed by atoms with Crippen LogP contribution >= 0.6 is 24.0 Å². The first-order valence-electron chi connectivity index (χ1n) is 7.16. The Bertz CT molecular complexity index is 902. The smallest absolute Gasteiger partial charge is 0.335 e. The van der Waals surface area contributed by atoms with Crippen molar-refractivity contribution < 1.29 is 19.5 Å². The lowest BCUT2D eigenvalue weighted by Crippen LogP contribution is -2.27. The highest BCUT2D eigenvalue weighted by atomic mass is 32.2. The lowest BCUT2D eigenvalue weighted by molar-refractivity contribution is -0.113. The second-order valence-electron chi connectivity index (χ2n) is 5.15. The molecule has 2 aromatic carbocycles. The highest BCUT2D eigenvalue weighted by Crippen LogP contribution is 2.36. The summed E-state index contributed by atoms with van der Waals surface area (Å²) in [5, 5.41) is 8.95. The molecule has 1 N–H and O–H groups in total. The monoisotopic (exact) mass is 369 g/mol. The number of carboxylic acid groups (broad SMARTS) is 1. The number of aromatic carboxylic acids is 1. The number of carbonyl (C=O) groups excluding carboxylic acids is 2. The van der Waals surface area contributed by atoms with Gasteiger partial charge in [-0.15, -0.1) is 0 Å². The Morgan fingerprint density at radius 2 is 1.64 bits per heavy atom. The molecule has 5 nitrogen and oxygen atoms in total. The zero-order valence-corrected chi connectivity index (χ0v) is 14.3. The van der Waals surface area contributed by atoms with Crippen molar-refractivity contribution in [3.8, 4) is 0 Å². The Balaban J connectivity index is 1.87. The summed E-state index contributed by atoms with van der Waals surface area (Å²) >= 11 is 6.46. The van der Waals surface area contributed by atoms with Crippen molar-refractivity contribution in [3.63, 3.8) is 0 Å². The molecule has 7 heteroatoms.